The van der Waals surface area contributed by atoms with Gasteiger partial charge in [0.2, 0.25) is 0 Å². The molecule has 0 radical (unpaired) electrons. The Morgan fingerprint density at radius 2 is 2.12 bits per heavy atom. The van der Waals surface area contributed by atoms with Gasteiger partial charge in [-0.15, -0.1) is 0 Å². The molecule has 0 aliphatic carbocycles. The molecule has 0 bridgehead atoms. The van der Waals surface area contributed by atoms with Crippen molar-refractivity contribution in [3.05, 3.63) is 12.0 Å². The van der Waals surface area contributed by atoms with Crippen molar-refractivity contribution in [3.63, 3.8) is 0 Å². The van der Waals surface area contributed by atoms with E-state index in [4.69, 9.17) is 0 Å². The second-order valence-corrected chi connectivity index (χ2v) is 5.66. The third kappa shape index (κ3) is 2.60. The lowest BCUT2D eigenvalue weighted by atomic mass is 10.1. The van der Waals surface area contributed by atoms with Crippen LogP contribution in [0.5, 0.6) is 0 Å². The number of aromatic amines is 1. The maximum absolute atomic E-state index is 11.9. The summed E-state index contributed by atoms with van der Waals surface area (Å²) in [6.07, 6.45) is 3.00. The fourth-order valence-electron chi connectivity index (χ4n) is 1.76. The van der Waals surface area contributed by atoms with Crippen molar-refractivity contribution in [1.29, 1.82) is 0 Å². The Hall–Kier alpha value is -0.920. The first-order valence-corrected chi connectivity index (χ1v) is 6.81. The molecule has 90 valence electrons. The number of nitrogens with zero attached hydrogens (tertiary/aromatic N) is 1. The maximum Gasteiger partial charge on any atom is 0.257 e. The van der Waals surface area contributed by atoms with Gasteiger partial charge in [-0.1, -0.05) is 0 Å². The van der Waals surface area contributed by atoms with Gasteiger partial charge in [0.05, 0.1) is 6.20 Å². The molecule has 3 N–H and O–H groups in total. The van der Waals surface area contributed by atoms with E-state index in [0.717, 1.165) is 25.9 Å². The second-order valence-electron chi connectivity index (χ2n) is 3.98. The van der Waals surface area contributed by atoms with Gasteiger partial charge in [0, 0.05) is 6.04 Å². The average molecular weight is 244 g/mol. The fourth-order valence-corrected chi connectivity index (χ4v) is 3.03. The molecular weight excluding hydrogens is 228 g/mol. The number of hydrogen-bond acceptors (Lipinski definition) is 4. The first-order valence-electron chi connectivity index (χ1n) is 5.32. The number of sulfonamides is 1. The summed E-state index contributed by atoms with van der Waals surface area (Å²) < 4.78 is 26.5. The van der Waals surface area contributed by atoms with E-state index in [1.165, 1.54) is 6.20 Å². The number of rotatable bonds is 3. The van der Waals surface area contributed by atoms with Crippen LogP contribution in [0.2, 0.25) is 0 Å². The zero-order chi connectivity index (χ0) is 11.6. The van der Waals surface area contributed by atoms with Crippen molar-refractivity contribution in [2.75, 3.05) is 13.1 Å². The highest BCUT2D eigenvalue weighted by Crippen LogP contribution is 2.09. The van der Waals surface area contributed by atoms with Gasteiger partial charge >= 0.3 is 0 Å². The van der Waals surface area contributed by atoms with Crippen molar-refractivity contribution in [1.82, 2.24) is 20.0 Å². The van der Waals surface area contributed by atoms with Crippen LogP contribution in [0.25, 0.3) is 0 Å². The number of aryl methyl sites for hydroxylation is 1. The van der Waals surface area contributed by atoms with Crippen LogP contribution >= 0.6 is 0 Å². The van der Waals surface area contributed by atoms with Crippen LogP contribution in [0.3, 0.4) is 0 Å². The second kappa shape index (κ2) is 4.52. The normalized spacial score (nSPS) is 18.8. The van der Waals surface area contributed by atoms with Gasteiger partial charge in [0.15, 0.2) is 5.03 Å². The molecule has 7 heteroatoms. The summed E-state index contributed by atoms with van der Waals surface area (Å²) in [5, 5.41) is 3.33. The summed E-state index contributed by atoms with van der Waals surface area (Å²) in [6.45, 7) is 3.44. The number of piperidine rings is 1. The molecule has 1 fully saturated rings. The van der Waals surface area contributed by atoms with Crippen molar-refractivity contribution < 1.29 is 8.42 Å². The minimum atomic E-state index is -3.43. The van der Waals surface area contributed by atoms with Gasteiger partial charge in [-0.2, -0.15) is 0 Å². The molecule has 1 aliphatic rings. The standard InChI is InChI=1S/C9H16N4O2S/c1-7-11-6-9(12-7)16(14,15)13-8-2-4-10-5-3-8/h6,8,10,13H,2-5H2,1H3,(H,11,12). The van der Waals surface area contributed by atoms with Crippen molar-refractivity contribution in [3.8, 4) is 0 Å². The van der Waals surface area contributed by atoms with E-state index in [0.29, 0.717) is 5.82 Å². The van der Waals surface area contributed by atoms with Crippen molar-refractivity contribution >= 4 is 10.0 Å². The van der Waals surface area contributed by atoms with Crippen molar-refractivity contribution in [2.24, 2.45) is 0 Å². The molecule has 0 atom stereocenters. The van der Waals surface area contributed by atoms with E-state index in [2.05, 4.69) is 20.0 Å². The minimum absolute atomic E-state index is 0.0230. The highest BCUT2D eigenvalue weighted by molar-refractivity contribution is 7.89. The number of nitrogens with one attached hydrogen (secondary N) is 3. The molecule has 16 heavy (non-hydrogen) atoms. The number of imidazole rings is 1. The summed E-state index contributed by atoms with van der Waals surface area (Å²) >= 11 is 0. The lowest BCUT2D eigenvalue weighted by Gasteiger charge is -2.22. The zero-order valence-electron chi connectivity index (χ0n) is 9.16. The SMILES string of the molecule is Cc1ncc(S(=O)(=O)NC2CCNCC2)[nH]1. The molecule has 1 aromatic heterocycles. The highest BCUT2D eigenvalue weighted by atomic mass is 32.2. The smallest absolute Gasteiger partial charge is 0.257 e. The van der Waals surface area contributed by atoms with Gasteiger partial charge in [-0.25, -0.2) is 18.1 Å². The average Bonchev–Trinajstić information content (AvgIpc) is 2.66. The van der Waals surface area contributed by atoms with Crippen LogP contribution in [0.1, 0.15) is 18.7 Å². The molecule has 6 nitrogen and oxygen atoms in total. The molecule has 1 aliphatic heterocycles. The molecule has 2 heterocycles. The van der Waals surface area contributed by atoms with Gasteiger partial charge < -0.3 is 10.3 Å². The Kier molecular flexibility index (Phi) is 3.27. The summed E-state index contributed by atoms with van der Waals surface area (Å²) in [7, 11) is -3.43. The van der Waals surface area contributed by atoms with E-state index in [1.807, 2.05) is 0 Å². The Morgan fingerprint density at radius 1 is 1.44 bits per heavy atom. The topological polar surface area (TPSA) is 86.9 Å². The van der Waals surface area contributed by atoms with Crippen LogP contribution in [0.4, 0.5) is 0 Å². The molecule has 0 aromatic carbocycles. The summed E-state index contributed by atoms with van der Waals surface area (Å²) in [5.41, 5.74) is 0. The molecule has 2 rings (SSSR count). The van der Waals surface area contributed by atoms with Crippen LogP contribution in [-0.2, 0) is 10.0 Å². The lowest BCUT2D eigenvalue weighted by Crippen LogP contribution is -2.42. The summed E-state index contributed by atoms with van der Waals surface area (Å²) in [5.74, 6) is 0.602. The predicted molar refractivity (Wildman–Crippen MR) is 59.5 cm³/mol. The Balaban J connectivity index is 2.07. The highest BCUT2D eigenvalue weighted by Gasteiger charge is 2.22. The van der Waals surface area contributed by atoms with Crippen LogP contribution in [0, 0.1) is 6.92 Å². The largest absolute Gasteiger partial charge is 0.332 e. The first-order chi connectivity index (χ1) is 7.58. The molecule has 0 spiro atoms. The van der Waals surface area contributed by atoms with Crippen molar-refractivity contribution in [2.45, 2.75) is 30.8 Å². The number of hydrogen-bond donors (Lipinski definition) is 3. The Morgan fingerprint density at radius 3 is 2.69 bits per heavy atom. The third-order valence-electron chi connectivity index (χ3n) is 2.63. The molecule has 0 unspecified atom stereocenters. The minimum Gasteiger partial charge on any atom is -0.332 e. The predicted octanol–water partition coefficient (Wildman–Crippen LogP) is -0.252. The van der Waals surface area contributed by atoms with Crippen LogP contribution in [-0.4, -0.2) is 37.5 Å². The van der Waals surface area contributed by atoms with Gasteiger partial charge in [-0.3, -0.25) is 0 Å². The molecule has 1 saturated heterocycles. The van der Waals surface area contributed by atoms with Crippen LogP contribution < -0.4 is 10.0 Å². The van der Waals surface area contributed by atoms with E-state index in [9.17, 15) is 8.42 Å². The first kappa shape index (κ1) is 11.6. The van der Waals surface area contributed by atoms with E-state index in [-0.39, 0.29) is 11.1 Å². The monoisotopic (exact) mass is 244 g/mol. The van der Waals surface area contributed by atoms with E-state index < -0.39 is 10.0 Å². The number of H-pyrrole nitrogens is 1. The third-order valence-corrected chi connectivity index (χ3v) is 4.06. The van der Waals surface area contributed by atoms with Crippen LogP contribution in [0.15, 0.2) is 11.2 Å². The summed E-state index contributed by atoms with van der Waals surface area (Å²) in [6, 6.07) is 0.0230. The molecular formula is C9H16N4O2S. The van der Waals surface area contributed by atoms with E-state index >= 15 is 0 Å². The number of aromatic nitrogens is 2. The Bertz CT molecular complexity index is 448. The molecule has 0 amide bonds. The summed E-state index contributed by atoms with van der Waals surface area (Å²) in [4.78, 5) is 6.62. The fraction of sp³-hybridized carbons (Fsp3) is 0.667. The van der Waals surface area contributed by atoms with Gasteiger partial charge in [-0.05, 0) is 32.9 Å². The molecule has 1 aromatic rings. The lowest BCUT2D eigenvalue weighted by molar-refractivity contribution is 0.426. The van der Waals surface area contributed by atoms with Gasteiger partial charge in [0.25, 0.3) is 10.0 Å². The maximum atomic E-state index is 11.9. The van der Waals surface area contributed by atoms with Gasteiger partial charge in [0.1, 0.15) is 5.82 Å². The van der Waals surface area contributed by atoms with E-state index in [1.54, 1.807) is 6.92 Å². The Labute approximate surface area is 94.9 Å². The zero-order valence-corrected chi connectivity index (χ0v) is 9.97. The quantitative estimate of drug-likeness (QED) is 0.684. The molecule has 0 saturated carbocycles.